The quantitative estimate of drug-likeness (QED) is 0.284. The zero-order valence-electron chi connectivity index (χ0n) is 28.8. The number of hydrogen-bond acceptors (Lipinski definition) is 3. The molecule has 244 valence electrons. The number of carboxylic acid groups (broad SMARTS) is 1. The van der Waals surface area contributed by atoms with Gasteiger partial charge < -0.3 is 14.8 Å². The molecule has 0 saturated heterocycles. The highest BCUT2D eigenvalue weighted by molar-refractivity contribution is 7.01. The molecule has 3 aliphatic rings. The van der Waals surface area contributed by atoms with Gasteiger partial charge in [-0.3, -0.25) is 0 Å². The number of likely N-dealkylation sites (N-methyl/N-ethyl adjacent to an activating group) is 1. The van der Waals surface area contributed by atoms with Crippen LogP contribution in [0.25, 0.3) is 11.1 Å². The Bertz CT molecular complexity index is 1940. The summed E-state index contributed by atoms with van der Waals surface area (Å²) >= 11 is 0. The first-order chi connectivity index (χ1) is 21.1. The topological polar surface area (TPSA) is 46.4 Å². The van der Waals surface area contributed by atoms with Crippen molar-refractivity contribution in [3.05, 3.63) is 93.0 Å². The molecule has 1 atom stereocenters. The Kier molecular flexibility index (Phi) is 8.03. The summed E-state index contributed by atoms with van der Waals surface area (Å²) in [5.74, 6) is -2.47. The molecule has 0 saturated carbocycles. The van der Waals surface area contributed by atoms with E-state index >= 15 is 0 Å². The summed E-state index contributed by atoms with van der Waals surface area (Å²) < 4.78 is 34.0. The minimum atomic E-state index is -5.19. The predicted octanol–water partition coefficient (Wildman–Crippen LogP) is 4.72. The summed E-state index contributed by atoms with van der Waals surface area (Å²) in [6.45, 7) is 21.6. The van der Waals surface area contributed by atoms with Crippen LogP contribution in [0.4, 0.5) is 18.9 Å². The largest absolute Gasteiger partial charge is 0.542 e. The van der Waals surface area contributed by atoms with Crippen molar-refractivity contribution in [2.45, 2.75) is 91.2 Å². The summed E-state index contributed by atoms with van der Waals surface area (Å²) in [7, 11) is 2.53. The number of halogens is 3. The maximum atomic E-state index is 10.5. The highest BCUT2D eigenvalue weighted by atomic mass is 28.3. The lowest BCUT2D eigenvalue weighted by Crippen LogP contribution is -2.65. The van der Waals surface area contributed by atoms with Crippen LogP contribution < -0.4 is 35.5 Å². The first kappa shape index (κ1) is 33.7. The summed E-state index contributed by atoms with van der Waals surface area (Å²) in [6.07, 6.45) is -1.59. The van der Waals surface area contributed by atoms with Crippen molar-refractivity contribution >= 4 is 41.3 Å². The van der Waals surface area contributed by atoms with Gasteiger partial charge in [-0.05, 0) is 113 Å². The molecule has 3 heterocycles. The molecule has 0 aromatic heterocycles. The average Bonchev–Trinajstić information content (AvgIpc) is 2.94. The number of rotatable bonds is 1. The van der Waals surface area contributed by atoms with Crippen LogP contribution in [-0.4, -0.2) is 45.4 Å². The molecule has 0 radical (unpaired) electrons. The Morgan fingerprint density at radius 3 is 2.17 bits per heavy atom. The molecular formula is C38H45F3N2O2Si. The lowest BCUT2D eigenvalue weighted by Gasteiger charge is -2.47. The van der Waals surface area contributed by atoms with Gasteiger partial charge >= 0.3 is 6.18 Å². The number of hydrogen-bond donors (Lipinski definition) is 0. The molecule has 3 aliphatic heterocycles. The third kappa shape index (κ3) is 5.42. The molecule has 3 aromatic rings. The lowest BCUT2D eigenvalue weighted by atomic mass is 9.79. The Hall–Kier alpha value is -3.65. The molecule has 0 spiro atoms. The fourth-order valence-electron chi connectivity index (χ4n) is 7.69. The number of carbonyl (C=O) groups excluding carboxylic acids is 1. The third-order valence-corrected chi connectivity index (χ3v) is 14.2. The van der Waals surface area contributed by atoms with Crippen LogP contribution in [0.15, 0.2) is 54.6 Å². The SMILES string of the molecule is CC1=CC(C)(C)[N+](C)=c2cc3c(cc21)=C(c1ccccc1C)c1cc2c(cc1[Si]3(C)C)N(C)C(C)(C)CC2C.O=C([O-])C(F)(F)F. The van der Waals surface area contributed by atoms with Crippen molar-refractivity contribution in [2.75, 3.05) is 19.0 Å². The van der Waals surface area contributed by atoms with Gasteiger partial charge in [0.1, 0.15) is 21.1 Å². The number of anilines is 1. The number of nitrogens with zero attached hydrogens (tertiary/aromatic N) is 2. The van der Waals surface area contributed by atoms with Crippen molar-refractivity contribution in [1.29, 1.82) is 0 Å². The van der Waals surface area contributed by atoms with Gasteiger partial charge in [0.25, 0.3) is 0 Å². The first-order valence-corrected chi connectivity index (χ1v) is 18.9. The number of carbonyl (C=O) groups is 1. The molecule has 8 heteroatoms. The van der Waals surface area contributed by atoms with Gasteiger partial charge in [0.15, 0.2) is 5.54 Å². The van der Waals surface area contributed by atoms with Gasteiger partial charge in [-0.15, -0.1) is 0 Å². The molecule has 0 N–H and O–H groups in total. The van der Waals surface area contributed by atoms with Gasteiger partial charge in [-0.2, -0.15) is 13.2 Å². The van der Waals surface area contributed by atoms with E-state index in [0.29, 0.717) is 5.92 Å². The van der Waals surface area contributed by atoms with Gasteiger partial charge in [0.05, 0.1) is 0 Å². The smallest absolute Gasteiger partial charge is 0.430 e. The predicted molar refractivity (Wildman–Crippen MR) is 183 cm³/mol. The maximum absolute atomic E-state index is 10.5. The molecule has 0 bridgehead atoms. The van der Waals surface area contributed by atoms with E-state index in [1.54, 1.807) is 10.4 Å². The second-order valence-corrected chi connectivity index (χ2v) is 19.3. The van der Waals surface area contributed by atoms with Crippen LogP contribution >= 0.6 is 0 Å². The minimum Gasteiger partial charge on any atom is -0.542 e. The van der Waals surface area contributed by atoms with E-state index < -0.39 is 20.2 Å². The highest BCUT2D eigenvalue weighted by Crippen LogP contribution is 2.44. The Morgan fingerprint density at radius 2 is 1.59 bits per heavy atom. The van der Waals surface area contributed by atoms with Crippen LogP contribution in [0.3, 0.4) is 0 Å². The number of allylic oxidation sites excluding steroid dienone is 1. The maximum Gasteiger partial charge on any atom is 0.430 e. The van der Waals surface area contributed by atoms with Gasteiger partial charge in [0.2, 0.25) is 5.36 Å². The summed E-state index contributed by atoms with van der Waals surface area (Å²) in [5.41, 5.74) is 11.5. The van der Waals surface area contributed by atoms with Gasteiger partial charge in [-0.1, -0.05) is 44.3 Å². The molecule has 0 amide bonds. The van der Waals surface area contributed by atoms with Crippen molar-refractivity contribution < 1.29 is 23.1 Å². The molecular weight excluding hydrogens is 602 g/mol. The Morgan fingerprint density at radius 1 is 0.978 bits per heavy atom. The fourth-order valence-corrected chi connectivity index (χ4v) is 10.7. The normalized spacial score (nSPS) is 20.3. The number of fused-ring (bicyclic) bond motifs is 4. The molecule has 3 aromatic carbocycles. The van der Waals surface area contributed by atoms with E-state index in [0.717, 1.165) is 0 Å². The van der Waals surface area contributed by atoms with Crippen molar-refractivity contribution in [1.82, 2.24) is 4.58 Å². The van der Waals surface area contributed by atoms with Crippen LogP contribution in [0.2, 0.25) is 13.1 Å². The van der Waals surface area contributed by atoms with E-state index in [2.05, 4.69) is 140 Å². The Labute approximate surface area is 271 Å². The molecule has 46 heavy (non-hydrogen) atoms. The van der Waals surface area contributed by atoms with Crippen LogP contribution in [0, 0.1) is 6.92 Å². The number of aliphatic carboxylic acids is 1. The van der Waals surface area contributed by atoms with E-state index in [-0.39, 0.29) is 11.1 Å². The van der Waals surface area contributed by atoms with Crippen molar-refractivity contribution in [3.8, 4) is 0 Å². The molecule has 0 fully saturated rings. The van der Waals surface area contributed by atoms with Crippen LogP contribution in [-0.2, 0) is 4.79 Å². The average molecular weight is 647 g/mol. The Balaban J connectivity index is 0.000000537. The molecule has 0 aliphatic carbocycles. The number of alkyl halides is 3. The zero-order chi connectivity index (χ0) is 34.3. The standard InChI is InChI=1S/C36H45N2Si.C2HF3O2/c1-22-14-12-13-15-25(22)34-28-16-26-23(2)20-35(4,5)37(8)30(26)18-32(28)39(10,11)33-19-31-27(17-29(33)34)24(3)21-36(6,7)38(31)9;3-2(4,5)1(6)7/h12-20,24H,21H2,1-11H3;(H,6,7)/q+1;/p-1. The lowest BCUT2D eigenvalue weighted by molar-refractivity contribution is -0.344. The van der Waals surface area contributed by atoms with E-state index in [4.69, 9.17) is 9.90 Å². The third-order valence-electron chi connectivity index (χ3n) is 10.7. The number of carboxylic acids is 1. The first-order valence-electron chi connectivity index (χ1n) is 15.9. The van der Waals surface area contributed by atoms with Crippen LogP contribution in [0.5, 0.6) is 0 Å². The molecule has 6 rings (SSSR count). The minimum absolute atomic E-state index is 0.00430. The van der Waals surface area contributed by atoms with Crippen molar-refractivity contribution in [3.63, 3.8) is 0 Å². The molecule has 4 nitrogen and oxygen atoms in total. The summed E-state index contributed by atoms with van der Waals surface area (Å²) in [4.78, 5) is 11.3. The highest BCUT2D eigenvalue weighted by Gasteiger charge is 2.41. The second-order valence-electron chi connectivity index (χ2n) is 15.0. The number of aryl methyl sites for hydroxylation is 1. The fraction of sp³-hybridized carbons (Fsp3) is 0.421. The van der Waals surface area contributed by atoms with E-state index in [1.165, 1.54) is 61.6 Å². The van der Waals surface area contributed by atoms with Gasteiger partial charge in [0, 0.05) is 43.8 Å². The number of benzene rings is 3. The monoisotopic (exact) mass is 646 g/mol. The summed E-state index contributed by atoms with van der Waals surface area (Å²) in [6, 6.07) is 19.3. The van der Waals surface area contributed by atoms with E-state index in [9.17, 15) is 13.2 Å². The summed E-state index contributed by atoms with van der Waals surface area (Å²) in [5, 5.41) is 14.7. The second kappa shape index (κ2) is 11.0. The van der Waals surface area contributed by atoms with Crippen LogP contribution in [0.1, 0.15) is 81.7 Å². The zero-order valence-corrected chi connectivity index (χ0v) is 29.8. The molecule has 1 unspecified atom stereocenters. The van der Waals surface area contributed by atoms with E-state index in [1.807, 2.05) is 0 Å². The van der Waals surface area contributed by atoms with Gasteiger partial charge in [-0.25, -0.2) is 4.58 Å². The van der Waals surface area contributed by atoms with Crippen molar-refractivity contribution in [2.24, 2.45) is 0 Å².